The van der Waals surface area contributed by atoms with Gasteiger partial charge in [-0.3, -0.25) is 4.98 Å². The Labute approximate surface area is 138 Å². The van der Waals surface area contributed by atoms with Crippen LogP contribution in [0.5, 0.6) is 5.75 Å². The van der Waals surface area contributed by atoms with Gasteiger partial charge in [0, 0.05) is 0 Å². The number of aromatic nitrogens is 4. The van der Waals surface area contributed by atoms with Gasteiger partial charge in [-0.15, -0.1) is 18.0 Å². The van der Waals surface area contributed by atoms with Gasteiger partial charge in [-0.1, -0.05) is 12.1 Å². The topological polar surface area (TPSA) is 73.1 Å². The maximum Gasteiger partial charge on any atom is 0.573 e. The van der Waals surface area contributed by atoms with Crippen LogP contribution >= 0.6 is 0 Å². The number of aliphatic hydroxyl groups is 1. The second kappa shape index (κ2) is 6.48. The molecule has 0 fully saturated rings. The summed E-state index contributed by atoms with van der Waals surface area (Å²) in [6.07, 6.45) is -1.38. The van der Waals surface area contributed by atoms with Gasteiger partial charge in [0.05, 0.1) is 30.4 Å². The Balaban J connectivity index is 1.95. The number of aliphatic hydroxyl groups excluding tert-OH is 1. The molecule has 0 aliphatic rings. The van der Waals surface area contributed by atoms with Crippen LogP contribution < -0.4 is 4.74 Å². The number of nitrogens with zero attached hydrogens (tertiary/aromatic N) is 4. The molecule has 6 nitrogen and oxygen atoms in total. The molecule has 10 heteroatoms. The molecule has 1 N–H and O–H groups in total. The largest absolute Gasteiger partial charge is 0.573 e. The van der Waals surface area contributed by atoms with Gasteiger partial charge in [0.25, 0.3) is 0 Å². The van der Waals surface area contributed by atoms with Crippen molar-refractivity contribution in [1.29, 1.82) is 0 Å². The van der Waals surface area contributed by atoms with Gasteiger partial charge in [-0.2, -0.15) is 10.2 Å². The lowest BCUT2D eigenvalue weighted by molar-refractivity contribution is -0.274. The first kappa shape index (κ1) is 16.8. The lowest BCUT2D eigenvalue weighted by atomic mass is 10.0. The van der Waals surface area contributed by atoms with E-state index < -0.39 is 24.0 Å². The summed E-state index contributed by atoms with van der Waals surface area (Å²) in [7, 11) is 0. The van der Waals surface area contributed by atoms with Crippen LogP contribution in [0.1, 0.15) is 17.2 Å². The van der Waals surface area contributed by atoms with E-state index in [1.165, 1.54) is 30.7 Å². The highest BCUT2D eigenvalue weighted by atomic mass is 19.4. The summed E-state index contributed by atoms with van der Waals surface area (Å²) in [5.41, 5.74) is 0.108. The zero-order valence-electron chi connectivity index (χ0n) is 12.4. The Morgan fingerprint density at radius 3 is 2.28 bits per heavy atom. The van der Waals surface area contributed by atoms with Gasteiger partial charge >= 0.3 is 6.36 Å². The summed E-state index contributed by atoms with van der Waals surface area (Å²) in [5.74, 6) is -1.26. The zero-order chi connectivity index (χ0) is 18.0. The lowest BCUT2D eigenvalue weighted by Crippen LogP contribution is -2.17. The molecular weight excluding hydrogens is 344 g/mol. The van der Waals surface area contributed by atoms with E-state index in [0.29, 0.717) is 0 Å². The fraction of sp³-hybridized carbons (Fsp3) is 0.133. The molecule has 0 radical (unpaired) electrons. The summed E-state index contributed by atoms with van der Waals surface area (Å²) >= 11 is 0. The standard InChI is InChI=1S/C15H10F4N4O2/c16-11-7-20-8-12(23-21-5-6-22-23)13(11)14(24)9-1-3-10(4-2-9)25-15(17,18)19/h1-8,14,24H. The lowest BCUT2D eigenvalue weighted by Gasteiger charge is -2.16. The highest BCUT2D eigenvalue weighted by Gasteiger charge is 2.31. The Kier molecular flexibility index (Phi) is 4.36. The molecule has 1 aromatic carbocycles. The molecule has 0 saturated carbocycles. The maximum atomic E-state index is 14.2. The Morgan fingerprint density at radius 2 is 1.68 bits per heavy atom. The molecule has 25 heavy (non-hydrogen) atoms. The first-order valence-corrected chi connectivity index (χ1v) is 6.89. The SMILES string of the molecule is OC(c1ccc(OC(F)(F)F)cc1)c1c(F)cncc1-n1nccn1. The van der Waals surface area contributed by atoms with Gasteiger partial charge in [-0.25, -0.2) is 4.39 Å². The van der Waals surface area contributed by atoms with E-state index in [0.717, 1.165) is 23.1 Å². The molecule has 0 spiro atoms. The average molecular weight is 354 g/mol. The molecule has 0 bridgehead atoms. The first-order chi connectivity index (χ1) is 11.8. The molecule has 0 aliphatic carbocycles. The van der Waals surface area contributed by atoms with Crippen LogP contribution in [-0.2, 0) is 0 Å². The Morgan fingerprint density at radius 1 is 1.04 bits per heavy atom. The fourth-order valence-corrected chi connectivity index (χ4v) is 2.22. The van der Waals surface area contributed by atoms with Crippen LogP contribution in [0.2, 0.25) is 0 Å². The van der Waals surface area contributed by atoms with E-state index in [2.05, 4.69) is 19.9 Å². The number of pyridine rings is 1. The number of alkyl halides is 3. The normalized spacial score (nSPS) is 12.8. The monoisotopic (exact) mass is 354 g/mol. The average Bonchev–Trinajstić information content (AvgIpc) is 3.07. The molecule has 1 unspecified atom stereocenters. The van der Waals surface area contributed by atoms with Gasteiger partial charge in [0.1, 0.15) is 23.4 Å². The highest BCUT2D eigenvalue weighted by Crippen LogP contribution is 2.30. The van der Waals surface area contributed by atoms with E-state index >= 15 is 0 Å². The minimum atomic E-state index is -4.82. The van der Waals surface area contributed by atoms with Crippen molar-refractivity contribution >= 4 is 0 Å². The van der Waals surface area contributed by atoms with Crippen molar-refractivity contribution < 1.29 is 27.4 Å². The number of ether oxygens (including phenoxy) is 1. The Hall–Kier alpha value is -3.01. The summed E-state index contributed by atoms with van der Waals surface area (Å²) in [6.45, 7) is 0. The van der Waals surface area contributed by atoms with Crippen molar-refractivity contribution in [2.45, 2.75) is 12.5 Å². The molecule has 1 atom stereocenters. The summed E-state index contributed by atoms with van der Waals surface area (Å²) in [4.78, 5) is 4.78. The summed E-state index contributed by atoms with van der Waals surface area (Å²) in [6, 6.07) is 4.45. The van der Waals surface area contributed by atoms with Crippen LogP contribution in [0.3, 0.4) is 0 Å². The zero-order valence-corrected chi connectivity index (χ0v) is 12.4. The predicted octanol–water partition coefficient (Wildman–Crippen LogP) is 2.78. The van der Waals surface area contributed by atoms with Gasteiger partial charge in [0.2, 0.25) is 0 Å². The van der Waals surface area contributed by atoms with Crippen molar-refractivity contribution in [1.82, 2.24) is 20.0 Å². The van der Waals surface area contributed by atoms with Crippen LogP contribution in [0, 0.1) is 5.82 Å². The molecule has 2 heterocycles. The maximum absolute atomic E-state index is 14.2. The van der Waals surface area contributed by atoms with Crippen molar-refractivity contribution in [3.63, 3.8) is 0 Å². The number of rotatable bonds is 4. The number of hydrogen-bond donors (Lipinski definition) is 1. The van der Waals surface area contributed by atoms with E-state index in [1.54, 1.807) is 0 Å². The Bertz CT molecular complexity index is 851. The van der Waals surface area contributed by atoms with Crippen LogP contribution in [0.4, 0.5) is 17.6 Å². The smallest absolute Gasteiger partial charge is 0.406 e. The van der Waals surface area contributed by atoms with Crippen LogP contribution in [0.25, 0.3) is 5.69 Å². The third-order valence-electron chi connectivity index (χ3n) is 3.26. The molecule has 3 rings (SSSR count). The number of benzene rings is 1. The second-order valence-corrected chi connectivity index (χ2v) is 4.89. The third-order valence-corrected chi connectivity index (χ3v) is 3.26. The fourth-order valence-electron chi connectivity index (χ4n) is 2.22. The van der Waals surface area contributed by atoms with Gasteiger partial charge in [0.15, 0.2) is 0 Å². The number of hydrogen-bond acceptors (Lipinski definition) is 5. The minimum absolute atomic E-state index is 0.105. The van der Waals surface area contributed by atoms with Crippen molar-refractivity contribution in [2.24, 2.45) is 0 Å². The predicted molar refractivity (Wildman–Crippen MR) is 76.3 cm³/mol. The van der Waals surface area contributed by atoms with E-state index in [1.807, 2.05) is 0 Å². The first-order valence-electron chi connectivity index (χ1n) is 6.89. The molecular formula is C15H10F4N4O2. The van der Waals surface area contributed by atoms with Crippen molar-refractivity contribution in [2.75, 3.05) is 0 Å². The third kappa shape index (κ3) is 3.74. The van der Waals surface area contributed by atoms with Crippen LogP contribution in [0.15, 0.2) is 49.1 Å². The van der Waals surface area contributed by atoms with Crippen molar-refractivity contribution in [3.8, 4) is 11.4 Å². The van der Waals surface area contributed by atoms with E-state index in [4.69, 9.17) is 0 Å². The van der Waals surface area contributed by atoms with Gasteiger partial charge in [-0.05, 0) is 17.7 Å². The molecule has 2 aromatic heterocycles. The molecule has 0 saturated heterocycles. The second-order valence-electron chi connectivity index (χ2n) is 4.89. The van der Waals surface area contributed by atoms with E-state index in [9.17, 15) is 22.7 Å². The van der Waals surface area contributed by atoms with Crippen molar-refractivity contribution in [3.05, 3.63) is 66.0 Å². The number of halogens is 4. The minimum Gasteiger partial charge on any atom is -0.406 e. The quantitative estimate of drug-likeness (QED) is 0.730. The molecule has 3 aromatic rings. The molecule has 0 amide bonds. The molecule has 0 aliphatic heterocycles. The highest BCUT2D eigenvalue weighted by molar-refractivity contribution is 5.44. The summed E-state index contributed by atoms with van der Waals surface area (Å²) in [5, 5.41) is 18.2. The van der Waals surface area contributed by atoms with Gasteiger partial charge < -0.3 is 9.84 Å². The van der Waals surface area contributed by atoms with Crippen LogP contribution in [-0.4, -0.2) is 31.4 Å². The summed E-state index contributed by atoms with van der Waals surface area (Å²) < 4.78 is 54.5. The molecule has 130 valence electrons. The van der Waals surface area contributed by atoms with E-state index in [-0.39, 0.29) is 16.8 Å².